The molecule has 0 spiro atoms. The molecule has 7 heteroatoms. The average molecular weight is 420 g/mol. The topological polar surface area (TPSA) is 78.1 Å². The zero-order valence-electron chi connectivity index (χ0n) is 14.8. The zero-order chi connectivity index (χ0) is 18.5. The fraction of sp³-hybridized carbons (Fsp3) is 0.316. The highest BCUT2D eigenvalue weighted by Gasteiger charge is 2.21. The molecule has 0 fully saturated rings. The molecule has 2 aromatic rings. The Hall–Kier alpha value is -2.41. The summed E-state index contributed by atoms with van der Waals surface area (Å²) in [5.41, 5.74) is 8.17. The number of benzene rings is 2. The Kier molecular flexibility index (Phi) is 5.88. The summed E-state index contributed by atoms with van der Waals surface area (Å²) >= 11 is 3.54. The highest BCUT2D eigenvalue weighted by Crippen LogP contribution is 2.34. The normalized spacial score (nSPS) is 16.4. The van der Waals surface area contributed by atoms with Crippen LogP contribution in [-0.4, -0.2) is 26.8 Å². The number of ether oxygens (including phenoxy) is 3. The number of methoxy groups -OCH3 is 2. The van der Waals surface area contributed by atoms with Crippen LogP contribution in [0, 0.1) is 0 Å². The van der Waals surface area contributed by atoms with Crippen molar-refractivity contribution in [3.05, 3.63) is 52.0 Å². The van der Waals surface area contributed by atoms with Crippen LogP contribution in [0.3, 0.4) is 0 Å². The van der Waals surface area contributed by atoms with Gasteiger partial charge in [-0.3, -0.25) is 0 Å². The second kappa shape index (κ2) is 8.31. The standard InChI is InChI=1S/C19H22BrN3O3/c1-24-17-9-12(14(20)10-18(17)25-2)11-22-19(21)23-15-7-8-26-16-6-4-3-5-13(15)16/h3-6,9-10,15H,7-8,11H2,1-2H3,(H3,21,22,23). The molecule has 26 heavy (non-hydrogen) atoms. The van der Waals surface area contributed by atoms with Crippen LogP contribution in [0.1, 0.15) is 23.6 Å². The predicted octanol–water partition coefficient (Wildman–Crippen LogP) is 3.39. The summed E-state index contributed by atoms with van der Waals surface area (Å²) < 4.78 is 17.2. The van der Waals surface area contributed by atoms with Gasteiger partial charge in [-0.15, -0.1) is 0 Å². The second-order valence-corrected chi connectivity index (χ2v) is 6.73. The van der Waals surface area contributed by atoms with Gasteiger partial charge in [-0.1, -0.05) is 34.1 Å². The minimum Gasteiger partial charge on any atom is -0.493 e. The van der Waals surface area contributed by atoms with Crippen molar-refractivity contribution in [3.8, 4) is 17.2 Å². The van der Waals surface area contributed by atoms with Crippen molar-refractivity contribution in [3.63, 3.8) is 0 Å². The second-order valence-electron chi connectivity index (χ2n) is 5.87. The SMILES string of the molecule is COc1cc(Br)c(CN=C(N)NC2CCOc3ccccc32)cc1OC. The van der Waals surface area contributed by atoms with E-state index in [9.17, 15) is 0 Å². The molecular formula is C19H22BrN3O3. The van der Waals surface area contributed by atoms with Gasteiger partial charge in [0.1, 0.15) is 5.75 Å². The van der Waals surface area contributed by atoms with Crippen molar-refractivity contribution < 1.29 is 14.2 Å². The van der Waals surface area contributed by atoms with Gasteiger partial charge >= 0.3 is 0 Å². The maximum Gasteiger partial charge on any atom is 0.189 e. The van der Waals surface area contributed by atoms with Gasteiger partial charge in [0.25, 0.3) is 0 Å². The maximum absolute atomic E-state index is 6.11. The summed E-state index contributed by atoms with van der Waals surface area (Å²) in [6.07, 6.45) is 0.841. The van der Waals surface area contributed by atoms with E-state index in [-0.39, 0.29) is 6.04 Å². The minimum absolute atomic E-state index is 0.0949. The molecule has 6 nitrogen and oxygen atoms in total. The third-order valence-electron chi connectivity index (χ3n) is 4.25. The van der Waals surface area contributed by atoms with Gasteiger partial charge in [0, 0.05) is 16.5 Å². The van der Waals surface area contributed by atoms with Crippen molar-refractivity contribution in [2.24, 2.45) is 10.7 Å². The van der Waals surface area contributed by atoms with Gasteiger partial charge in [-0.05, 0) is 23.8 Å². The number of para-hydroxylation sites is 1. The van der Waals surface area contributed by atoms with Crippen LogP contribution < -0.4 is 25.3 Å². The molecule has 1 aliphatic heterocycles. The summed E-state index contributed by atoms with van der Waals surface area (Å²) in [4.78, 5) is 4.47. The third-order valence-corrected chi connectivity index (χ3v) is 4.99. The fourth-order valence-corrected chi connectivity index (χ4v) is 3.35. The summed E-state index contributed by atoms with van der Waals surface area (Å²) in [6.45, 7) is 1.08. The molecule has 0 radical (unpaired) electrons. The van der Waals surface area contributed by atoms with Gasteiger partial charge in [0.05, 0.1) is 33.4 Å². The van der Waals surface area contributed by atoms with E-state index in [1.165, 1.54) is 0 Å². The minimum atomic E-state index is 0.0949. The number of nitrogens with two attached hydrogens (primary N) is 1. The molecule has 1 atom stereocenters. The molecule has 0 aromatic heterocycles. The molecule has 0 saturated heterocycles. The summed E-state index contributed by atoms with van der Waals surface area (Å²) in [5.74, 6) is 2.61. The lowest BCUT2D eigenvalue weighted by Crippen LogP contribution is -2.37. The van der Waals surface area contributed by atoms with E-state index in [4.69, 9.17) is 19.9 Å². The Morgan fingerprint density at radius 1 is 1.27 bits per heavy atom. The largest absolute Gasteiger partial charge is 0.493 e. The lowest BCUT2D eigenvalue weighted by atomic mass is 10.0. The zero-order valence-corrected chi connectivity index (χ0v) is 16.4. The molecule has 3 rings (SSSR count). The van der Waals surface area contributed by atoms with Crippen LogP contribution in [0.2, 0.25) is 0 Å². The monoisotopic (exact) mass is 419 g/mol. The van der Waals surface area contributed by atoms with Crippen molar-refractivity contribution in [1.29, 1.82) is 0 Å². The van der Waals surface area contributed by atoms with E-state index in [1.807, 2.05) is 36.4 Å². The Morgan fingerprint density at radius 3 is 2.77 bits per heavy atom. The lowest BCUT2D eigenvalue weighted by Gasteiger charge is -2.27. The number of nitrogens with one attached hydrogen (secondary N) is 1. The van der Waals surface area contributed by atoms with E-state index in [2.05, 4.69) is 26.2 Å². The Labute approximate surface area is 161 Å². The molecule has 3 N–H and O–H groups in total. The van der Waals surface area contributed by atoms with Crippen LogP contribution in [0.15, 0.2) is 45.9 Å². The summed E-state index contributed by atoms with van der Waals surface area (Å²) in [7, 11) is 3.22. The van der Waals surface area contributed by atoms with Gasteiger partial charge in [0.2, 0.25) is 0 Å². The number of aliphatic imine (C=N–C) groups is 1. The van der Waals surface area contributed by atoms with Crippen LogP contribution in [0.4, 0.5) is 0 Å². The van der Waals surface area contributed by atoms with Gasteiger partial charge < -0.3 is 25.3 Å². The van der Waals surface area contributed by atoms with Crippen molar-refractivity contribution in [2.45, 2.75) is 19.0 Å². The van der Waals surface area contributed by atoms with Gasteiger partial charge in [0.15, 0.2) is 17.5 Å². The van der Waals surface area contributed by atoms with Crippen molar-refractivity contribution in [1.82, 2.24) is 5.32 Å². The average Bonchev–Trinajstić information content (AvgIpc) is 2.67. The maximum atomic E-state index is 6.11. The molecule has 0 amide bonds. The summed E-state index contributed by atoms with van der Waals surface area (Å²) in [5, 5.41) is 3.29. The van der Waals surface area contributed by atoms with E-state index in [0.717, 1.165) is 27.8 Å². The Bertz CT molecular complexity index is 811. The molecule has 2 aromatic carbocycles. The molecule has 138 valence electrons. The molecular weight excluding hydrogens is 398 g/mol. The number of rotatable bonds is 5. The quantitative estimate of drug-likeness (QED) is 0.573. The molecule has 1 unspecified atom stereocenters. The predicted molar refractivity (Wildman–Crippen MR) is 105 cm³/mol. The van der Waals surface area contributed by atoms with Crippen LogP contribution in [0.5, 0.6) is 17.2 Å². The van der Waals surface area contributed by atoms with E-state index >= 15 is 0 Å². The van der Waals surface area contributed by atoms with Crippen LogP contribution in [-0.2, 0) is 6.54 Å². The first-order valence-corrected chi connectivity index (χ1v) is 9.10. The molecule has 1 heterocycles. The Balaban J connectivity index is 1.72. The summed E-state index contributed by atoms with van der Waals surface area (Å²) in [6, 6.07) is 11.8. The number of hydrogen-bond acceptors (Lipinski definition) is 4. The first-order chi connectivity index (χ1) is 12.6. The number of guanidine groups is 1. The smallest absolute Gasteiger partial charge is 0.189 e. The van der Waals surface area contributed by atoms with Crippen LogP contribution >= 0.6 is 15.9 Å². The number of halogens is 1. The highest BCUT2D eigenvalue weighted by molar-refractivity contribution is 9.10. The number of hydrogen-bond donors (Lipinski definition) is 2. The molecule has 0 bridgehead atoms. The highest BCUT2D eigenvalue weighted by atomic mass is 79.9. The lowest BCUT2D eigenvalue weighted by molar-refractivity contribution is 0.262. The third kappa shape index (κ3) is 4.04. The number of fused-ring (bicyclic) bond motifs is 1. The van der Waals surface area contributed by atoms with Gasteiger partial charge in [-0.25, -0.2) is 4.99 Å². The molecule has 0 aliphatic carbocycles. The van der Waals surface area contributed by atoms with Crippen molar-refractivity contribution in [2.75, 3.05) is 20.8 Å². The van der Waals surface area contributed by atoms with E-state index in [0.29, 0.717) is 30.6 Å². The van der Waals surface area contributed by atoms with E-state index in [1.54, 1.807) is 14.2 Å². The van der Waals surface area contributed by atoms with Crippen molar-refractivity contribution >= 4 is 21.9 Å². The van der Waals surface area contributed by atoms with Crippen LogP contribution in [0.25, 0.3) is 0 Å². The van der Waals surface area contributed by atoms with E-state index < -0.39 is 0 Å². The number of nitrogens with zero attached hydrogens (tertiary/aromatic N) is 1. The Morgan fingerprint density at radius 2 is 2.00 bits per heavy atom. The molecule has 1 aliphatic rings. The molecule has 0 saturated carbocycles. The fourth-order valence-electron chi connectivity index (χ4n) is 2.90. The first kappa shape index (κ1) is 18.4. The first-order valence-electron chi connectivity index (χ1n) is 8.31. The van der Waals surface area contributed by atoms with Gasteiger partial charge in [-0.2, -0.15) is 0 Å².